The first-order valence-corrected chi connectivity index (χ1v) is 7.82. The average molecular weight is 274 g/mol. The van der Waals surface area contributed by atoms with Crippen LogP contribution in [0, 0.1) is 5.92 Å². The minimum absolute atomic E-state index is 0.281. The summed E-state index contributed by atoms with van der Waals surface area (Å²) in [5.41, 5.74) is 2.97. The van der Waals surface area contributed by atoms with Gasteiger partial charge in [-0.25, -0.2) is 0 Å². The van der Waals surface area contributed by atoms with E-state index in [4.69, 9.17) is 4.74 Å². The molecule has 1 saturated carbocycles. The Morgan fingerprint density at radius 2 is 1.80 bits per heavy atom. The van der Waals surface area contributed by atoms with E-state index in [2.05, 4.69) is 48.3 Å². The zero-order valence-corrected chi connectivity index (χ0v) is 12.7. The molecular formula is C17H26N2O. The van der Waals surface area contributed by atoms with Gasteiger partial charge in [-0.05, 0) is 50.3 Å². The van der Waals surface area contributed by atoms with Gasteiger partial charge < -0.3 is 15.0 Å². The fourth-order valence-electron chi connectivity index (χ4n) is 2.93. The SMILES string of the molecule is CC(C)(NCc1ccc(N2CCOCC2)cc1)C1CC1. The van der Waals surface area contributed by atoms with Gasteiger partial charge in [0, 0.05) is 30.9 Å². The number of nitrogens with zero attached hydrogens (tertiary/aromatic N) is 1. The number of anilines is 1. The van der Waals surface area contributed by atoms with Crippen LogP contribution in [0.2, 0.25) is 0 Å². The van der Waals surface area contributed by atoms with E-state index in [9.17, 15) is 0 Å². The second kappa shape index (κ2) is 5.74. The summed E-state index contributed by atoms with van der Waals surface area (Å²) >= 11 is 0. The van der Waals surface area contributed by atoms with Crippen LogP contribution in [0.1, 0.15) is 32.3 Å². The Labute approximate surface area is 122 Å². The maximum Gasteiger partial charge on any atom is 0.0642 e. The molecule has 1 aliphatic carbocycles. The molecule has 0 atom stereocenters. The molecular weight excluding hydrogens is 248 g/mol. The lowest BCUT2D eigenvalue weighted by Crippen LogP contribution is -2.40. The maximum atomic E-state index is 5.40. The summed E-state index contributed by atoms with van der Waals surface area (Å²) in [6.07, 6.45) is 2.77. The predicted octanol–water partition coefficient (Wildman–Crippen LogP) is 2.80. The molecule has 20 heavy (non-hydrogen) atoms. The first-order chi connectivity index (χ1) is 9.65. The lowest BCUT2D eigenvalue weighted by molar-refractivity contribution is 0.122. The Balaban J connectivity index is 1.55. The molecule has 2 aliphatic rings. The number of hydrogen-bond acceptors (Lipinski definition) is 3. The van der Waals surface area contributed by atoms with Crippen LogP contribution in [0.4, 0.5) is 5.69 Å². The van der Waals surface area contributed by atoms with Gasteiger partial charge >= 0.3 is 0 Å². The third-order valence-corrected chi connectivity index (χ3v) is 4.66. The van der Waals surface area contributed by atoms with E-state index >= 15 is 0 Å². The highest BCUT2D eigenvalue weighted by atomic mass is 16.5. The standard InChI is InChI=1S/C17H26N2O/c1-17(2,15-5-6-15)18-13-14-3-7-16(8-4-14)19-9-11-20-12-10-19/h3-4,7-8,15,18H,5-6,9-13H2,1-2H3. The zero-order valence-electron chi connectivity index (χ0n) is 12.7. The highest BCUT2D eigenvalue weighted by Crippen LogP contribution is 2.39. The van der Waals surface area contributed by atoms with E-state index in [-0.39, 0.29) is 5.54 Å². The van der Waals surface area contributed by atoms with Gasteiger partial charge in [0.1, 0.15) is 0 Å². The summed E-state index contributed by atoms with van der Waals surface area (Å²) in [6, 6.07) is 8.99. The van der Waals surface area contributed by atoms with Crippen molar-refractivity contribution in [2.24, 2.45) is 5.92 Å². The Morgan fingerprint density at radius 1 is 1.15 bits per heavy atom. The topological polar surface area (TPSA) is 24.5 Å². The molecule has 0 spiro atoms. The van der Waals surface area contributed by atoms with E-state index < -0.39 is 0 Å². The molecule has 3 nitrogen and oxygen atoms in total. The Kier molecular flexibility index (Phi) is 3.99. The largest absolute Gasteiger partial charge is 0.378 e. The molecule has 110 valence electrons. The van der Waals surface area contributed by atoms with E-state index in [0.29, 0.717) is 0 Å². The first kappa shape index (κ1) is 13.9. The van der Waals surface area contributed by atoms with Crippen molar-refractivity contribution in [3.8, 4) is 0 Å². The van der Waals surface area contributed by atoms with Crippen LogP contribution in [0.15, 0.2) is 24.3 Å². The Bertz CT molecular complexity index is 431. The monoisotopic (exact) mass is 274 g/mol. The van der Waals surface area contributed by atoms with Crippen LogP contribution >= 0.6 is 0 Å². The van der Waals surface area contributed by atoms with Gasteiger partial charge in [0.15, 0.2) is 0 Å². The van der Waals surface area contributed by atoms with Crippen molar-refractivity contribution in [1.29, 1.82) is 0 Å². The van der Waals surface area contributed by atoms with E-state index in [1.807, 2.05) is 0 Å². The molecule has 1 aliphatic heterocycles. The van der Waals surface area contributed by atoms with E-state index in [0.717, 1.165) is 38.8 Å². The molecule has 1 heterocycles. The van der Waals surface area contributed by atoms with Gasteiger partial charge in [-0.3, -0.25) is 0 Å². The summed E-state index contributed by atoms with van der Waals surface area (Å²) in [4.78, 5) is 2.40. The van der Waals surface area contributed by atoms with Crippen molar-refractivity contribution in [1.82, 2.24) is 5.32 Å². The maximum absolute atomic E-state index is 5.40. The zero-order chi connectivity index (χ0) is 14.0. The number of nitrogens with one attached hydrogen (secondary N) is 1. The fourth-order valence-corrected chi connectivity index (χ4v) is 2.93. The summed E-state index contributed by atoms with van der Waals surface area (Å²) < 4.78 is 5.40. The Morgan fingerprint density at radius 3 is 2.40 bits per heavy atom. The minimum atomic E-state index is 0.281. The molecule has 3 heteroatoms. The number of hydrogen-bond donors (Lipinski definition) is 1. The highest BCUT2D eigenvalue weighted by Gasteiger charge is 2.37. The van der Waals surface area contributed by atoms with Crippen LogP contribution in [0.5, 0.6) is 0 Å². The average Bonchev–Trinajstić information content (AvgIpc) is 3.32. The molecule has 0 unspecified atom stereocenters. The van der Waals surface area contributed by atoms with Crippen molar-refractivity contribution < 1.29 is 4.74 Å². The molecule has 0 amide bonds. The third-order valence-electron chi connectivity index (χ3n) is 4.66. The van der Waals surface area contributed by atoms with Crippen molar-refractivity contribution in [3.05, 3.63) is 29.8 Å². The molecule has 2 fully saturated rings. The molecule has 1 aromatic carbocycles. The van der Waals surface area contributed by atoms with Gasteiger partial charge in [0.25, 0.3) is 0 Å². The second-order valence-electron chi connectivity index (χ2n) is 6.62. The summed E-state index contributed by atoms with van der Waals surface area (Å²) in [5.74, 6) is 0.870. The van der Waals surface area contributed by atoms with Crippen molar-refractivity contribution in [2.75, 3.05) is 31.2 Å². The molecule has 1 aromatic rings. The van der Waals surface area contributed by atoms with Crippen molar-refractivity contribution >= 4 is 5.69 Å². The van der Waals surface area contributed by atoms with Gasteiger partial charge in [-0.1, -0.05) is 12.1 Å². The summed E-state index contributed by atoms with van der Waals surface area (Å²) in [5, 5.41) is 3.70. The lowest BCUT2D eigenvalue weighted by atomic mass is 9.98. The van der Waals surface area contributed by atoms with E-state index in [1.54, 1.807) is 0 Å². The van der Waals surface area contributed by atoms with Crippen LogP contribution in [-0.2, 0) is 11.3 Å². The van der Waals surface area contributed by atoms with Gasteiger partial charge in [-0.2, -0.15) is 0 Å². The highest BCUT2D eigenvalue weighted by molar-refractivity contribution is 5.47. The van der Waals surface area contributed by atoms with Crippen LogP contribution in [0.3, 0.4) is 0 Å². The molecule has 0 bridgehead atoms. The van der Waals surface area contributed by atoms with Gasteiger partial charge in [-0.15, -0.1) is 0 Å². The van der Waals surface area contributed by atoms with E-state index in [1.165, 1.54) is 24.1 Å². The first-order valence-electron chi connectivity index (χ1n) is 7.82. The van der Waals surface area contributed by atoms with Gasteiger partial charge in [0.2, 0.25) is 0 Å². The number of morpholine rings is 1. The third kappa shape index (κ3) is 3.33. The molecule has 0 aromatic heterocycles. The lowest BCUT2D eigenvalue weighted by Gasteiger charge is -2.29. The molecule has 0 radical (unpaired) electrons. The number of ether oxygens (including phenoxy) is 1. The number of rotatable bonds is 5. The van der Waals surface area contributed by atoms with Crippen molar-refractivity contribution in [2.45, 2.75) is 38.8 Å². The predicted molar refractivity (Wildman–Crippen MR) is 83.1 cm³/mol. The van der Waals surface area contributed by atoms with Gasteiger partial charge in [0.05, 0.1) is 13.2 Å². The van der Waals surface area contributed by atoms with Crippen LogP contribution in [0.25, 0.3) is 0 Å². The minimum Gasteiger partial charge on any atom is -0.378 e. The number of benzene rings is 1. The second-order valence-corrected chi connectivity index (χ2v) is 6.62. The quantitative estimate of drug-likeness (QED) is 0.893. The van der Waals surface area contributed by atoms with Crippen LogP contribution in [-0.4, -0.2) is 31.8 Å². The molecule has 1 N–H and O–H groups in total. The normalized spacial score (nSPS) is 20.2. The molecule has 1 saturated heterocycles. The summed E-state index contributed by atoms with van der Waals surface area (Å²) in [7, 11) is 0. The summed E-state index contributed by atoms with van der Waals surface area (Å²) in [6.45, 7) is 9.32. The van der Waals surface area contributed by atoms with Crippen LogP contribution < -0.4 is 10.2 Å². The molecule has 3 rings (SSSR count). The van der Waals surface area contributed by atoms with Crippen molar-refractivity contribution in [3.63, 3.8) is 0 Å². The Hall–Kier alpha value is -1.06. The smallest absolute Gasteiger partial charge is 0.0642 e. The fraction of sp³-hybridized carbons (Fsp3) is 0.647.